The van der Waals surface area contributed by atoms with Crippen molar-refractivity contribution < 1.29 is 36.7 Å². The Bertz CT molecular complexity index is 1050. The standard InChI is InChI=1S/C23H25F4N3O4S/c1-2-3-4-9-28-18(31)13-30-21(33)19(35-22(30)34)14-7-10-29(11-8-14)20(32)16-12-15(24)5-6-17(16)23(25,26)27/h5-6,12H,2-4,7-11,13H2,1H3,(H,28,31). The Kier molecular flexibility index (Phi) is 8.57. The van der Waals surface area contributed by atoms with E-state index in [1.54, 1.807) is 0 Å². The molecule has 2 fully saturated rings. The zero-order chi connectivity index (χ0) is 25.8. The summed E-state index contributed by atoms with van der Waals surface area (Å²) in [6.07, 6.45) is -1.75. The number of hydrogen-bond donors (Lipinski definition) is 1. The molecule has 35 heavy (non-hydrogen) atoms. The lowest BCUT2D eigenvalue weighted by Gasteiger charge is -2.30. The topological polar surface area (TPSA) is 86.8 Å². The number of carbonyl (C=O) groups is 4. The van der Waals surface area contributed by atoms with Gasteiger partial charge in [0.25, 0.3) is 17.1 Å². The van der Waals surface area contributed by atoms with Gasteiger partial charge in [0.1, 0.15) is 12.4 Å². The Hall–Kier alpha value is -2.89. The molecule has 0 spiro atoms. The van der Waals surface area contributed by atoms with Crippen molar-refractivity contribution in [3.8, 4) is 0 Å². The summed E-state index contributed by atoms with van der Waals surface area (Å²) in [5.41, 5.74) is -1.39. The minimum atomic E-state index is -4.82. The van der Waals surface area contributed by atoms with Crippen LogP contribution < -0.4 is 5.32 Å². The van der Waals surface area contributed by atoms with Gasteiger partial charge in [-0.3, -0.25) is 24.1 Å². The van der Waals surface area contributed by atoms with E-state index in [-0.39, 0.29) is 30.8 Å². The molecule has 2 heterocycles. The van der Waals surface area contributed by atoms with Crippen LogP contribution in [0.1, 0.15) is 54.9 Å². The third-order valence-electron chi connectivity index (χ3n) is 5.75. The summed E-state index contributed by atoms with van der Waals surface area (Å²) in [7, 11) is 0. The lowest BCUT2D eigenvalue weighted by Crippen LogP contribution is -2.40. The van der Waals surface area contributed by atoms with Crippen LogP contribution in [-0.4, -0.2) is 58.9 Å². The lowest BCUT2D eigenvalue weighted by atomic mass is 10.00. The minimum absolute atomic E-state index is 0.00538. The first-order chi connectivity index (χ1) is 16.5. The van der Waals surface area contributed by atoms with E-state index in [1.165, 1.54) is 4.90 Å². The van der Waals surface area contributed by atoms with Crippen LogP contribution in [0.4, 0.5) is 22.4 Å². The van der Waals surface area contributed by atoms with Crippen LogP contribution in [0.5, 0.6) is 0 Å². The van der Waals surface area contributed by atoms with Crippen LogP contribution in [0.15, 0.2) is 28.7 Å². The number of carbonyl (C=O) groups excluding carboxylic acids is 4. The summed E-state index contributed by atoms with van der Waals surface area (Å²) in [5.74, 6) is -2.94. The zero-order valence-electron chi connectivity index (χ0n) is 19.0. The van der Waals surface area contributed by atoms with E-state index in [0.717, 1.165) is 24.2 Å². The van der Waals surface area contributed by atoms with Crippen LogP contribution in [0.2, 0.25) is 0 Å². The second-order valence-corrected chi connectivity index (χ2v) is 9.19. The van der Waals surface area contributed by atoms with E-state index in [2.05, 4.69) is 5.32 Å². The number of halogens is 4. The Balaban J connectivity index is 1.65. The molecule has 12 heteroatoms. The second kappa shape index (κ2) is 11.2. The number of hydrogen-bond acceptors (Lipinski definition) is 5. The summed E-state index contributed by atoms with van der Waals surface area (Å²) >= 11 is 0.711. The van der Waals surface area contributed by atoms with E-state index >= 15 is 0 Å². The monoisotopic (exact) mass is 515 g/mol. The molecule has 0 saturated carbocycles. The molecule has 0 aliphatic carbocycles. The molecule has 0 unspecified atom stereocenters. The summed E-state index contributed by atoms with van der Waals surface area (Å²) in [4.78, 5) is 52.1. The van der Waals surface area contributed by atoms with Crippen molar-refractivity contribution in [2.75, 3.05) is 26.2 Å². The number of likely N-dealkylation sites (tertiary alicyclic amines) is 1. The average molecular weight is 516 g/mol. The molecule has 1 aromatic carbocycles. The number of nitrogens with zero attached hydrogens (tertiary/aromatic N) is 2. The van der Waals surface area contributed by atoms with Crippen LogP contribution in [0.3, 0.4) is 0 Å². The fraction of sp³-hybridized carbons (Fsp3) is 0.478. The first kappa shape index (κ1) is 26.7. The molecule has 0 aromatic heterocycles. The third kappa shape index (κ3) is 6.41. The Labute approximate surface area is 203 Å². The van der Waals surface area contributed by atoms with Gasteiger partial charge in [-0.2, -0.15) is 13.2 Å². The number of rotatable bonds is 7. The fourth-order valence-electron chi connectivity index (χ4n) is 3.87. The number of piperidine rings is 1. The molecule has 3 rings (SSSR count). The summed E-state index contributed by atoms with van der Waals surface area (Å²) in [6, 6.07) is 1.75. The zero-order valence-corrected chi connectivity index (χ0v) is 19.9. The second-order valence-electron chi connectivity index (χ2n) is 8.23. The molecule has 0 bridgehead atoms. The van der Waals surface area contributed by atoms with Gasteiger partial charge in [-0.25, -0.2) is 4.39 Å². The average Bonchev–Trinajstić information content (AvgIpc) is 3.09. The molecule has 1 aromatic rings. The maximum atomic E-state index is 13.6. The van der Waals surface area contributed by atoms with Gasteiger partial charge in [0, 0.05) is 19.6 Å². The number of alkyl halides is 3. The van der Waals surface area contributed by atoms with Crippen molar-refractivity contribution in [2.45, 2.75) is 45.2 Å². The van der Waals surface area contributed by atoms with Crippen molar-refractivity contribution in [1.82, 2.24) is 15.1 Å². The predicted molar refractivity (Wildman–Crippen MR) is 121 cm³/mol. The summed E-state index contributed by atoms with van der Waals surface area (Å²) in [5, 5.41) is 2.10. The number of amides is 4. The molecule has 0 atom stereocenters. The first-order valence-corrected chi connectivity index (χ1v) is 12.0. The number of thioether (sulfide) groups is 1. The van der Waals surface area contributed by atoms with Crippen LogP contribution >= 0.6 is 11.8 Å². The highest BCUT2D eigenvalue weighted by molar-refractivity contribution is 8.18. The van der Waals surface area contributed by atoms with E-state index in [1.807, 2.05) is 6.92 Å². The third-order valence-corrected chi connectivity index (χ3v) is 6.81. The van der Waals surface area contributed by atoms with Crippen molar-refractivity contribution in [2.24, 2.45) is 0 Å². The van der Waals surface area contributed by atoms with Gasteiger partial charge < -0.3 is 10.2 Å². The lowest BCUT2D eigenvalue weighted by molar-refractivity contribution is -0.138. The van der Waals surface area contributed by atoms with Gasteiger partial charge in [0.15, 0.2) is 0 Å². The first-order valence-electron chi connectivity index (χ1n) is 11.2. The summed E-state index contributed by atoms with van der Waals surface area (Å²) < 4.78 is 53.4. The Morgan fingerprint density at radius 2 is 1.80 bits per heavy atom. The molecule has 1 N–H and O–H groups in total. The van der Waals surface area contributed by atoms with Crippen molar-refractivity contribution in [1.29, 1.82) is 0 Å². The fourth-order valence-corrected chi connectivity index (χ4v) is 4.85. The molecule has 2 aliphatic heterocycles. The van der Waals surface area contributed by atoms with E-state index in [0.29, 0.717) is 42.1 Å². The largest absolute Gasteiger partial charge is 0.417 e. The van der Waals surface area contributed by atoms with Gasteiger partial charge in [-0.05, 0) is 54.8 Å². The van der Waals surface area contributed by atoms with Gasteiger partial charge in [-0.1, -0.05) is 19.8 Å². The molecule has 0 radical (unpaired) electrons. The molecule has 190 valence electrons. The maximum Gasteiger partial charge on any atom is 0.417 e. The molecule has 7 nitrogen and oxygen atoms in total. The number of imide groups is 1. The Morgan fingerprint density at radius 3 is 2.43 bits per heavy atom. The van der Waals surface area contributed by atoms with Crippen LogP contribution in [-0.2, 0) is 15.8 Å². The predicted octanol–water partition coefficient (Wildman–Crippen LogP) is 4.34. The highest BCUT2D eigenvalue weighted by atomic mass is 32.2. The van der Waals surface area contributed by atoms with Crippen molar-refractivity contribution in [3.63, 3.8) is 0 Å². The highest BCUT2D eigenvalue weighted by Crippen LogP contribution is 2.37. The quantitative estimate of drug-likeness (QED) is 0.332. The number of benzene rings is 1. The SMILES string of the molecule is CCCCCNC(=O)CN1C(=O)SC(=C2CCN(C(=O)c3cc(F)ccc3C(F)(F)F)CC2)C1=O. The highest BCUT2D eigenvalue weighted by Gasteiger charge is 2.40. The minimum Gasteiger partial charge on any atom is -0.355 e. The normalized spacial score (nSPS) is 16.8. The molecule has 4 amide bonds. The number of unbranched alkanes of at least 4 members (excludes halogenated alkanes) is 2. The van der Waals surface area contributed by atoms with E-state index in [4.69, 9.17) is 0 Å². The van der Waals surface area contributed by atoms with Gasteiger partial charge in [0.05, 0.1) is 16.0 Å². The van der Waals surface area contributed by atoms with Crippen molar-refractivity contribution >= 4 is 34.7 Å². The molecule has 2 saturated heterocycles. The molecular weight excluding hydrogens is 490 g/mol. The van der Waals surface area contributed by atoms with E-state index < -0.39 is 52.6 Å². The maximum absolute atomic E-state index is 13.6. The Morgan fingerprint density at radius 1 is 1.11 bits per heavy atom. The van der Waals surface area contributed by atoms with Crippen LogP contribution in [0.25, 0.3) is 0 Å². The molecular formula is C23H25F4N3O4S. The smallest absolute Gasteiger partial charge is 0.355 e. The van der Waals surface area contributed by atoms with E-state index in [9.17, 15) is 36.7 Å². The molecule has 2 aliphatic rings. The summed E-state index contributed by atoms with van der Waals surface area (Å²) in [6.45, 7) is 2.10. The van der Waals surface area contributed by atoms with Gasteiger partial charge >= 0.3 is 6.18 Å². The van der Waals surface area contributed by atoms with Gasteiger partial charge in [-0.15, -0.1) is 0 Å². The van der Waals surface area contributed by atoms with Gasteiger partial charge in [0.2, 0.25) is 5.91 Å². The van der Waals surface area contributed by atoms with Crippen molar-refractivity contribution in [3.05, 3.63) is 45.6 Å². The van der Waals surface area contributed by atoms with Crippen LogP contribution in [0, 0.1) is 5.82 Å². The number of nitrogens with one attached hydrogen (secondary N) is 1.